The molecule has 0 aromatic heterocycles. The van der Waals surface area contributed by atoms with Crippen molar-refractivity contribution in [3.05, 3.63) is 26.2 Å². The van der Waals surface area contributed by atoms with Crippen molar-refractivity contribution in [2.45, 2.75) is 18.4 Å². The maximum Gasteiger partial charge on any atom is 0.244 e. The van der Waals surface area contributed by atoms with E-state index in [0.29, 0.717) is 26.1 Å². The maximum atomic E-state index is 12.2. The molecule has 1 saturated heterocycles. The first-order valence-electron chi connectivity index (χ1n) is 5.64. The summed E-state index contributed by atoms with van der Waals surface area (Å²) in [5, 5.41) is 2.88. The lowest BCUT2D eigenvalue weighted by molar-refractivity contribution is -0.124. The van der Waals surface area contributed by atoms with E-state index in [1.807, 2.05) is 18.2 Å². The second kappa shape index (κ2) is 5.85. The highest BCUT2D eigenvalue weighted by Gasteiger charge is 2.36. The molecule has 0 radical (unpaired) electrons. The molecule has 0 bridgehead atoms. The van der Waals surface area contributed by atoms with Gasteiger partial charge in [0.1, 0.15) is 5.54 Å². The summed E-state index contributed by atoms with van der Waals surface area (Å²) in [6.07, 6.45) is 1.11. The van der Waals surface area contributed by atoms with Gasteiger partial charge < -0.3 is 15.8 Å². The van der Waals surface area contributed by atoms with E-state index < -0.39 is 5.54 Å². The van der Waals surface area contributed by atoms with Gasteiger partial charge in [-0.15, -0.1) is 0 Å². The van der Waals surface area contributed by atoms with Crippen LogP contribution in [0.3, 0.4) is 0 Å². The molecule has 1 aromatic rings. The van der Waals surface area contributed by atoms with Crippen LogP contribution < -0.4 is 11.1 Å². The van der Waals surface area contributed by atoms with Gasteiger partial charge in [0.25, 0.3) is 0 Å². The molecule has 1 aliphatic heterocycles. The molecular weight excluding hydrogens is 411 g/mol. The molecule has 0 spiro atoms. The van der Waals surface area contributed by atoms with E-state index in [9.17, 15) is 4.79 Å². The predicted octanol–water partition coefficient (Wildman–Crippen LogP) is 2.50. The number of benzene rings is 1. The van der Waals surface area contributed by atoms with Gasteiger partial charge in [-0.2, -0.15) is 0 Å². The van der Waals surface area contributed by atoms with E-state index in [-0.39, 0.29) is 5.91 Å². The molecule has 0 aliphatic carbocycles. The van der Waals surface area contributed by atoms with Crippen LogP contribution in [0.2, 0.25) is 0 Å². The molecule has 0 atom stereocenters. The highest BCUT2D eigenvalue weighted by Crippen LogP contribution is 2.26. The van der Waals surface area contributed by atoms with Gasteiger partial charge in [0.05, 0.1) is 5.69 Å². The highest BCUT2D eigenvalue weighted by atomic mass is 127. The lowest BCUT2D eigenvalue weighted by Crippen LogP contribution is -2.54. The number of carbonyl (C=O) groups is 1. The van der Waals surface area contributed by atoms with Gasteiger partial charge >= 0.3 is 0 Å². The minimum Gasteiger partial charge on any atom is -0.381 e. The fourth-order valence-electron chi connectivity index (χ4n) is 1.80. The molecule has 0 unspecified atom stereocenters. The molecule has 1 aromatic carbocycles. The van der Waals surface area contributed by atoms with Gasteiger partial charge in [-0.25, -0.2) is 0 Å². The number of hydrogen-bond acceptors (Lipinski definition) is 3. The number of anilines is 1. The summed E-state index contributed by atoms with van der Waals surface area (Å²) >= 11 is 5.65. The van der Waals surface area contributed by atoms with Crippen molar-refractivity contribution >= 4 is 50.1 Å². The number of ether oxygens (including phenoxy) is 1. The fourth-order valence-corrected chi connectivity index (χ4v) is 3.20. The SMILES string of the molecule is NC1(C(=O)Nc2ccc(I)cc2Br)CCOCC1. The Balaban J connectivity index is 2.11. The maximum absolute atomic E-state index is 12.2. The monoisotopic (exact) mass is 424 g/mol. The van der Waals surface area contributed by atoms with Gasteiger partial charge in [-0.3, -0.25) is 4.79 Å². The number of carbonyl (C=O) groups excluding carboxylic acids is 1. The molecular formula is C12H14BrIN2O2. The van der Waals surface area contributed by atoms with Crippen LogP contribution in [0.25, 0.3) is 0 Å². The Kier molecular flexibility index (Phi) is 4.63. The van der Waals surface area contributed by atoms with Crippen LogP contribution in [-0.2, 0) is 9.53 Å². The number of hydrogen-bond donors (Lipinski definition) is 2. The van der Waals surface area contributed by atoms with Crippen molar-refractivity contribution in [2.75, 3.05) is 18.5 Å². The van der Waals surface area contributed by atoms with Crippen LogP contribution in [-0.4, -0.2) is 24.7 Å². The highest BCUT2D eigenvalue weighted by molar-refractivity contribution is 14.1. The average molecular weight is 425 g/mol. The number of halogens is 2. The van der Waals surface area contributed by atoms with Crippen molar-refractivity contribution in [2.24, 2.45) is 5.73 Å². The van der Waals surface area contributed by atoms with Crippen molar-refractivity contribution in [3.8, 4) is 0 Å². The lowest BCUT2D eigenvalue weighted by atomic mass is 9.90. The van der Waals surface area contributed by atoms with Crippen LogP contribution in [0.4, 0.5) is 5.69 Å². The first-order valence-corrected chi connectivity index (χ1v) is 7.52. The molecule has 98 valence electrons. The van der Waals surface area contributed by atoms with Crippen LogP contribution in [0.5, 0.6) is 0 Å². The largest absolute Gasteiger partial charge is 0.381 e. The standard InChI is InChI=1S/C12H14BrIN2O2/c13-9-7-8(14)1-2-10(9)16-11(17)12(15)3-5-18-6-4-12/h1-2,7H,3-6,15H2,(H,16,17). The minimum atomic E-state index is -0.819. The summed E-state index contributed by atoms with van der Waals surface area (Å²) in [7, 11) is 0. The first-order chi connectivity index (χ1) is 8.51. The summed E-state index contributed by atoms with van der Waals surface area (Å²) < 4.78 is 7.20. The van der Waals surface area contributed by atoms with Crippen molar-refractivity contribution < 1.29 is 9.53 Å². The van der Waals surface area contributed by atoms with Crippen molar-refractivity contribution in [3.63, 3.8) is 0 Å². The number of nitrogens with two attached hydrogens (primary N) is 1. The van der Waals surface area contributed by atoms with E-state index in [4.69, 9.17) is 10.5 Å². The topological polar surface area (TPSA) is 64.4 Å². The molecule has 6 heteroatoms. The molecule has 1 aliphatic rings. The molecule has 1 amide bonds. The van der Waals surface area contributed by atoms with Gasteiger partial charge in [-0.05, 0) is 69.6 Å². The quantitative estimate of drug-likeness (QED) is 0.717. The normalized spacial score (nSPS) is 18.4. The van der Waals surface area contributed by atoms with Crippen LogP contribution in [0.15, 0.2) is 22.7 Å². The lowest BCUT2D eigenvalue weighted by Gasteiger charge is -2.31. The second-order valence-corrected chi connectivity index (χ2v) is 6.45. The number of rotatable bonds is 2. The Morgan fingerprint density at radius 2 is 2.11 bits per heavy atom. The Labute approximate surface area is 128 Å². The number of amides is 1. The van der Waals surface area contributed by atoms with E-state index in [1.54, 1.807) is 0 Å². The van der Waals surface area contributed by atoms with Gasteiger partial charge in [0.15, 0.2) is 0 Å². The Morgan fingerprint density at radius 1 is 1.44 bits per heavy atom. The molecule has 1 heterocycles. The van der Waals surface area contributed by atoms with Gasteiger partial charge in [-0.1, -0.05) is 0 Å². The molecule has 4 nitrogen and oxygen atoms in total. The average Bonchev–Trinajstić information content (AvgIpc) is 2.33. The molecule has 3 N–H and O–H groups in total. The fraction of sp³-hybridized carbons (Fsp3) is 0.417. The zero-order valence-corrected chi connectivity index (χ0v) is 13.5. The van der Waals surface area contributed by atoms with E-state index >= 15 is 0 Å². The Hall–Kier alpha value is -0.180. The van der Waals surface area contributed by atoms with Crippen molar-refractivity contribution in [1.82, 2.24) is 0 Å². The zero-order valence-electron chi connectivity index (χ0n) is 9.71. The molecule has 0 saturated carbocycles. The number of nitrogens with one attached hydrogen (secondary N) is 1. The third kappa shape index (κ3) is 3.23. The van der Waals surface area contributed by atoms with Crippen molar-refractivity contribution in [1.29, 1.82) is 0 Å². The Morgan fingerprint density at radius 3 is 2.72 bits per heavy atom. The van der Waals surface area contributed by atoms with E-state index in [2.05, 4.69) is 43.8 Å². The van der Waals surface area contributed by atoms with Gasteiger partial charge in [0.2, 0.25) is 5.91 Å². The Bertz CT molecular complexity index is 461. The molecule has 1 fully saturated rings. The zero-order chi connectivity index (χ0) is 13.2. The third-order valence-electron chi connectivity index (χ3n) is 3.02. The smallest absolute Gasteiger partial charge is 0.244 e. The van der Waals surface area contributed by atoms with E-state index in [1.165, 1.54) is 0 Å². The first kappa shape index (κ1) is 14.2. The summed E-state index contributed by atoms with van der Waals surface area (Å²) in [6.45, 7) is 1.08. The van der Waals surface area contributed by atoms with Crippen LogP contribution in [0, 0.1) is 3.57 Å². The molecule has 2 rings (SSSR count). The summed E-state index contributed by atoms with van der Waals surface area (Å²) in [4.78, 5) is 12.2. The summed E-state index contributed by atoms with van der Waals surface area (Å²) in [5.74, 6) is -0.146. The second-order valence-electron chi connectivity index (χ2n) is 4.35. The van der Waals surface area contributed by atoms with E-state index in [0.717, 1.165) is 13.7 Å². The summed E-state index contributed by atoms with van der Waals surface area (Å²) in [6, 6.07) is 5.75. The van der Waals surface area contributed by atoms with Crippen LogP contribution >= 0.6 is 38.5 Å². The predicted molar refractivity (Wildman–Crippen MR) is 82.5 cm³/mol. The summed E-state index contributed by atoms with van der Waals surface area (Å²) in [5.41, 5.74) is 6.05. The van der Waals surface area contributed by atoms with Crippen LogP contribution in [0.1, 0.15) is 12.8 Å². The minimum absolute atomic E-state index is 0.146. The van der Waals surface area contributed by atoms with Gasteiger partial charge in [0, 0.05) is 21.3 Å². The third-order valence-corrected chi connectivity index (χ3v) is 4.34. The molecule has 18 heavy (non-hydrogen) atoms.